The van der Waals surface area contributed by atoms with Gasteiger partial charge in [0, 0.05) is 25.5 Å². The van der Waals surface area contributed by atoms with Crippen molar-refractivity contribution < 1.29 is 13.2 Å². The van der Waals surface area contributed by atoms with E-state index in [0.717, 1.165) is 29.1 Å². The van der Waals surface area contributed by atoms with Gasteiger partial charge in [-0.3, -0.25) is 9.10 Å². The zero-order valence-electron chi connectivity index (χ0n) is 14.6. The van der Waals surface area contributed by atoms with Crippen LogP contribution in [0.25, 0.3) is 0 Å². The fourth-order valence-corrected chi connectivity index (χ4v) is 3.42. The van der Waals surface area contributed by atoms with Gasteiger partial charge in [-0.05, 0) is 24.5 Å². The number of nitrogens with zero attached hydrogens (tertiary/aromatic N) is 3. The lowest BCUT2D eigenvalue weighted by Crippen LogP contribution is -2.41. The van der Waals surface area contributed by atoms with Crippen LogP contribution in [0.3, 0.4) is 0 Å². The number of sulfonamides is 1. The molecule has 1 amide bonds. The van der Waals surface area contributed by atoms with Crippen molar-refractivity contribution in [1.82, 2.24) is 14.9 Å². The third-order valence-corrected chi connectivity index (χ3v) is 4.93. The zero-order chi connectivity index (χ0) is 18.3. The Hall–Kier alpha value is -2.35. The van der Waals surface area contributed by atoms with Crippen molar-refractivity contribution in [3.63, 3.8) is 0 Å². The van der Waals surface area contributed by atoms with Crippen molar-refractivity contribution in [1.29, 1.82) is 0 Å². The van der Waals surface area contributed by atoms with Gasteiger partial charge in [0.25, 0.3) is 0 Å². The van der Waals surface area contributed by atoms with E-state index < -0.39 is 10.0 Å². The van der Waals surface area contributed by atoms with Crippen LogP contribution in [0.2, 0.25) is 0 Å². The van der Waals surface area contributed by atoms with Crippen molar-refractivity contribution in [2.45, 2.75) is 26.3 Å². The van der Waals surface area contributed by atoms with Crippen molar-refractivity contribution in [2.24, 2.45) is 0 Å². The summed E-state index contributed by atoms with van der Waals surface area (Å²) in [6, 6.07) is 7.23. The first kappa shape index (κ1) is 19.0. The maximum Gasteiger partial charge on any atom is 0.240 e. The minimum absolute atomic E-state index is 0.221. The Morgan fingerprint density at radius 1 is 1.32 bits per heavy atom. The second kappa shape index (κ2) is 8.66. The Morgan fingerprint density at radius 3 is 2.72 bits per heavy atom. The van der Waals surface area contributed by atoms with Crippen LogP contribution in [0.5, 0.6) is 0 Å². The van der Waals surface area contributed by atoms with Gasteiger partial charge >= 0.3 is 0 Å². The van der Waals surface area contributed by atoms with E-state index in [1.807, 2.05) is 29.8 Å². The molecule has 0 saturated heterocycles. The summed E-state index contributed by atoms with van der Waals surface area (Å²) in [7, 11) is -3.55. The molecule has 0 atom stereocenters. The molecule has 0 saturated carbocycles. The largest absolute Gasteiger partial charge is 0.354 e. The number of aromatic nitrogens is 2. The highest BCUT2D eigenvalue weighted by atomic mass is 32.2. The lowest BCUT2D eigenvalue weighted by molar-refractivity contribution is -0.119. The van der Waals surface area contributed by atoms with Crippen LogP contribution in [0.1, 0.15) is 18.9 Å². The van der Waals surface area contributed by atoms with Gasteiger partial charge in [0.2, 0.25) is 15.9 Å². The maximum absolute atomic E-state index is 12.2. The van der Waals surface area contributed by atoms with Crippen molar-refractivity contribution in [3.05, 3.63) is 48.5 Å². The average Bonchev–Trinajstić information content (AvgIpc) is 3.09. The van der Waals surface area contributed by atoms with Gasteiger partial charge in [-0.25, -0.2) is 13.4 Å². The summed E-state index contributed by atoms with van der Waals surface area (Å²) >= 11 is 0. The van der Waals surface area contributed by atoms with E-state index in [1.54, 1.807) is 24.7 Å². The molecule has 0 aliphatic heterocycles. The Labute approximate surface area is 148 Å². The fraction of sp³-hybridized carbons (Fsp3) is 0.412. The smallest absolute Gasteiger partial charge is 0.240 e. The second-order valence-electron chi connectivity index (χ2n) is 5.76. The fourth-order valence-electron chi connectivity index (χ4n) is 2.53. The van der Waals surface area contributed by atoms with Gasteiger partial charge in [-0.15, -0.1) is 0 Å². The standard InChI is InChI=1S/C17H24N4O3S/c1-3-15-7-4-5-8-16(15)21(25(2,23)24)13-17(22)19-9-6-11-20-12-10-18-14-20/h4-5,7-8,10,12,14H,3,6,9,11,13H2,1-2H3,(H,19,22). The van der Waals surface area contributed by atoms with E-state index in [9.17, 15) is 13.2 Å². The van der Waals surface area contributed by atoms with Crippen molar-refractivity contribution >= 4 is 21.6 Å². The highest BCUT2D eigenvalue weighted by Gasteiger charge is 2.22. The van der Waals surface area contributed by atoms with E-state index in [2.05, 4.69) is 10.3 Å². The molecule has 0 radical (unpaired) electrons. The molecule has 1 N–H and O–H groups in total. The van der Waals surface area contributed by atoms with E-state index in [0.29, 0.717) is 18.7 Å². The molecular weight excluding hydrogens is 340 g/mol. The number of rotatable bonds is 9. The quantitative estimate of drug-likeness (QED) is 0.682. The number of hydrogen-bond acceptors (Lipinski definition) is 4. The molecule has 0 aliphatic rings. The third-order valence-electron chi connectivity index (χ3n) is 3.80. The van der Waals surface area contributed by atoms with Crippen LogP contribution >= 0.6 is 0 Å². The Morgan fingerprint density at radius 2 is 2.08 bits per heavy atom. The second-order valence-corrected chi connectivity index (χ2v) is 7.66. The van der Waals surface area contributed by atoms with Gasteiger partial charge in [0.05, 0.1) is 18.3 Å². The molecular formula is C17H24N4O3S. The highest BCUT2D eigenvalue weighted by Crippen LogP contribution is 2.23. The number of amides is 1. The SMILES string of the molecule is CCc1ccccc1N(CC(=O)NCCCn1ccnc1)S(C)(=O)=O. The van der Waals surface area contributed by atoms with Crippen LogP contribution in [0.15, 0.2) is 43.0 Å². The predicted molar refractivity (Wildman–Crippen MR) is 97.9 cm³/mol. The number of anilines is 1. The first-order chi connectivity index (χ1) is 11.9. The summed E-state index contributed by atoms with van der Waals surface area (Å²) in [6.07, 6.45) is 7.82. The first-order valence-corrected chi connectivity index (χ1v) is 10.0. The van der Waals surface area contributed by atoms with Crippen LogP contribution in [0, 0.1) is 0 Å². The number of imidazole rings is 1. The van der Waals surface area contributed by atoms with E-state index in [1.165, 1.54) is 0 Å². The summed E-state index contributed by atoms with van der Waals surface area (Å²) in [5.74, 6) is -0.318. The number of benzene rings is 1. The molecule has 0 aliphatic carbocycles. The van der Waals surface area contributed by atoms with Gasteiger partial charge in [0.15, 0.2) is 0 Å². The van der Waals surface area contributed by atoms with Crippen LogP contribution < -0.4 is 9.62 Å². The summed E-state index contributed by atoms with van der Waals surface area (Å²) in [6.45, 7) is 2.95. The van der Waals surface area contributed by atoms with E-state index >= 15 is 0 Å². The average molecular weight is 364 g/mol. The normalized spacial score (nSPS) is 11.3. The molecule has 1 aromatic carbocycles. The minimum Gasteiger partial charge on any atom is -0.354 e. The van der Waals surface area contributed by atoms with E-state index in [-0.39, 0.29) is 12.5 Å². The first-order valence-electron chi connectivity index (χ1n) is 8.20. The molecule has 0 fully saturated rings. The molecule has 0 unspecified atom stereocenters. The molecule has 25 heavy (non-hydrogen) atoms. The topological polar surface area (TPSA) is 84.3 Å². The summed E-state index contributed by atoms with van der Waals surface area (Å²) < 4.78 is 27.4. The lowest BCUT2D eigenvalue weighted by atomic mass is 10.1. The molecule has 0 spiro atoms. The van der Waals surface area contributed by atoms with Gasteiger partial charge in [-0.1, -0.05) is 25.1 Å². The number of hydrogen-bond donors (Lipinski definition) is 1. The van der Waals surface area contributed by atoms with Gasteiger partial charge < -0.3 is 9.88 Å². The number of aryl methyl sites for hydroxylation is 2. The Kier molecular flexibility index (Phi) is 6.58. The van der Waals surface area contributed by atoms with Gasteiger partial charge in [0.1, 0.15) is 6.54 Å². The summed E-state index contributed by atoms with van der Waals surface area (Å²) in [4.78, 5) is 16.2. The molecule has 0 bridgehead atoms. The Bertz CT molecular complexity index is 788. The van der Waals surface area contributed by atoms with Crippen molar-refractivity contribution in [3.8, 4) is 0 Å². The molecule has 8 heteroatoms. The highest BCUT2D eigenvalue weighted by molar-refractivity contribution is 7.92. The number of carbonyl (C=O) groups is 1. The molecule has 1 aromatic heterocycles. The predicted octanol–water partition coefficient (Wildman–Crippen LogP) is 1.42. The van der Waals surface area contributed by atoms with Crippen molar-refractivity contribution in [2.75, 3.05) is 23.7 Å². The van der Waals surface area contributed by atoms with E-state index in [4.69, 9.17) is 0 Å². The number of nitrogens with one attached hydrogen (secondary N) is 1. The Balaban J connectivity index is 1.96. The van der Waals surface area contributed by atoms with Gasteiger partial charge in [-0.2, -0.15) is 0 Å². The molecule has 7 nitrogen and oxygen atoms in total. The minimum atomic E-state index is -3.55. The lowest BCUT2D eigenvalue weighted by Gasteiger charge is -2.24. The maximum atomic E-state index is 12.2. The number of carbonyl (C=O) groups excluding carboxylic acids is 1. The molecule has 2 aromatic rings. The zero-order valence-corrected chi connectivity index (χ0v) is 15.4. The summed E-state index contributed by atoms with van der Waals surface area (Å²) in [5.41, 5.74) is 1.45. The number of para-hydroxylation sites is 1. The van der Waals surface area contributed by atoms with Crippen LogP contribution in [-0.2, 0) is 27.8 Å². The summed E-state index contributed by atoms with van der Waals surface area (Å²) in [5, 5.41) is 2.78. The molecule has 2 rings (SSSR count). The van der Waals surface area contributed by atoms with Crippen LogP contribution in [-0.4, -0.2) is 43.2 Å². The monoisotopic (exact) mass is 364 g/mol. The van der Waals surface area contributed by atoms with Crippen LogP contribution in [0.4, 0.5) is 5.69 Å². The third kappa shape index (κ3) is 5.60. The molecule has 136 valence electrons. The molecule has 1 heterocycles.